The van der Waals surface area contributed by atoms with Crippen LogP contribution in [-0.4, -0.2) is 58.8 Å². The Kier molecular flexibility index (Phi) is 10.3. The molecule has 6 aromatic rings. The van der Waals surface area contributed by atoms with Gasteiger partial charge in [-0.15, -0.1) is 0 Å². The summed E-state index contributed by atoms with van der Waals surface area (Å²) in [5, 5.41) is 10.1. The van der Waals surface area contributed by atoms with Crippen LogP contribution < -0.4 is 25.5 Å². The summed E-state index contributed by atoms with van der Waals surface area (Å²) in [5.74, 6) is -0.791. The van der Waals surface area contributed by atoms with Crippen LogP contribution in [0.3, 0.4) is 0 Å². The van der Waals surface area contributed by atoms with Gasteiger partial charge < -0.3 is 24.5 Å². The van der Waals surface area contributed by atoms with Gasteiger partial charge in [0, 0.05) is 30.9 Å². The lowest BCUT2D eigenvalue weighted by Gasteiger charge is -2.21. The van der Waals surface area contributed by atoms with Gasteiger partial charge in [-0.05, 0) is 66.6 Å². The van der Waals surface area contributed by atoms with Crippen molar-refractivity contribution in [3.8, 4) is 17.2 Å². The molecule has 0 atom stereocenters. The number of anilines is 2. The molecule has 0 spiro atoms. The number of hydrogen-bond acceptors (Lipinski definition) is 9. The number of nitrogens with zero attached hydrogens (tertiary/aromatic N) is 4. The fourth-order valence-electron chi connectivity index (χ4n) is 5.51. The molecule has 2 heterocycles. The highest BCUT2D eigenvalue weighted by molar-refractivity contribution is 6.12. The van der Waals surface area contributed by atoms with Crippen LogP contribution in [0.25, 0.3) is 16.7 Å². The Bertz CT molecular complexity index is 2160. The number of methoxy groups -OCH3 is 2. The molecule has 0 bridgehead atoms. The van der Waals surface area contributed by atoms with Crippen molar-refractivity contribution in [1.82, 2.24) is 19.7 Å². The van der Waals surface area contributed by atoms with E-state index >= 15 is 0 Å². The molecule has 0 radical (unpaired) electrons. The van der Waals surface area contributed by atoms with Gasteiger partial charge in [0.15, 0.2) is 22.7 Å². The van der Waals surface area contributed by atoms with Gasteiger partial charge in [0.1, 0.15) is 18.2 Å². The van der Waals surface area contributed by atoms with Gasteiger partial charge in [0.25, 0.3) is 11.8 Å². The van der Waals surface area contributed by atoms with E-state index in [1.54, 1.807) is 35.3 Å². The molecule has 6 rings (SSSR count). The number of benzene rings is 4. The van der Waals surface area contributed by atoms with E-state index < -0.39 is 11.8 Å². The molecule has 2 N–H and O–H groups in total. The molecular weight excluding hydrogens is 636 g/mol. The minimum absolute atomic E-state index is 0.121. The SMILES string of the molecule is CCN(CCc1ccc(NC(=O)c2cc(OC)c(OC)cc2NC(=O)c2cc(=O)c3ccccc3o2)cc1)Cc1ccc(-n2cncn2)cc1. The van der Waals surface area contributed by atoms with E-state index in [2.05, 4.69) is 44.7 Å². The number of para-hydroxylation sites is 1. The second-order valence-electron chi connectivity index (χ2n) is 11.5. The van der Waals surface area contributed by atoms with Crippen molar-refractivity contribution in [2.24, 2.45) is 0 Å². The minimum atomic E-state index is -0.705. The number of nitrogens with one attached hydrogen (secondary N) is 2. The maximum absolute atomic E-state index is 13.6. The van der Waals surface area contributed by atoms with Gasteiger partial charge in [0.2, 0.25) is 0 Å². The number of carbonyl (C=O) groups excluding carboxylic acids is 2. The second-order valence-corrected chi connectivity index (χ2v) is 11.5. The van der Waals surface area contributed by atoms with Crippen molar-refractivity contribution in [1.29, 1.82) is 0 Å². The van der Waals surface area contributed by atoms with Crippen molar-refractivity contribution in [3.63, 3.8) is 0 Å². The summed E-state index contributed by atoms with van der Waals surface area (Å²) in [7, 11) is 2.90. The molecule has 0 aliphatic carbocycles. The zero-order valence-corrected chi connectivity index (χ0v) is 27.9. The average Bonchev–Trinajstić information content (AvgIpc) is 3.69. The van der Waals surface area contributed by atoms with Crippen LogP contribution in [0.4, 0.5) is 11.4 Å². The van der Waals surface area contributed by atoms with Crippen molar-refractivity contribution in [2.75, 3.05) is 37.9 Å². The number of aromatic nitrogens is 3. The maximum atomic E-state index is 13.6. The van der Waals surface area contributed by atoms with Crippen molar-refractivity contribution < 1.29 is 23.5 Å². The first-order valence-corrected chi connectivity index (χ1v) is 16.0. The molecule has 0 aliphatic rings. The third-order valence-corrected chi connectivity index (χ3v) is 8.28. The van der Waals surface area contributed by atoms with E-state index in [-0.39, 0.29) is 28.0 Å². The Balaban J connectivity index is 1.12. The number of ether oxygens (including phenoxy) is 2. The van der Waals surface area contributed by atoms with Crippen molar-refractivity contribution in [2.45, 2.75) is 19.9 Å². The lowest BCUT2D eigenvalue weighted by Crippen LogP contribution is -2.25. The fraction of sp³-hybridized carbons (Fsp3) is 0.184. The molecule has 0 unspecified atom stereocenters. The number of hydrogen-bond donors (Lipinski definition) is 2. The number of fused-ring (bicyclic) bond motifs is 1. The average molecular weight is 673 g/mol. The Morgan fingerprint density at radius 1 is 0.860 bits per heavy atom. The molecule has 2 aromatic heterocycles. The number of likely N-dealkylation sites (N-methyl/N-ethyl adjacent to an activating group) is 1. The molecular formula is C38H36N6O6. The van der Waals surface area contributed by atoms with E-state index in [9.17, 15) is 14.4 Å². The molecule has 254 valence electrons. The van der Waals surface area contributed by atoms with E-state index in [1.165, 1.54) is 38.2 Å². The molecule has 2 amide bonds. The molecule has 12 nitrogen and oxygen atoms in total. The van der Waals surface area contributed by atoms with E-state index in [0.29, 0.717) is 22.6 Å². The Morgan fingerprint density at radius 3 is 2.28 bits per heavy atom. The van der Waals surface area contributed by atoms with Crippen LogP contribution in [0.2, 0.25) is 0 Å². The highest BCUT2D eigenvalue weighted by atomic mass is 16.5. The summed E-state index contributed by atoms with van der Waals surface area (Å²) in [6, 6.07) is 26.7. The summed E-state index contributed by atoms with van der Waals surface area (Å²) >= 11 is 0. The zero-order chi connectivity index (χ0) is 35.0. The van der Waals surface area contributed by atoms with Crippen LogP contribution in [0.15, 0.2) is 113 Å². The van der Waals surface area contributed by atoms with Gasteiger partial charge >= 0.3 is 0 Å². The first kappa shape index (κ1) is 33.6. The third kappa shape index (κ3) is 7.71. The Hall–Kier alpha value is -6.27. The zero-order valence-electron chi connectivity index (χ0n) is 27.9. The molecule has 0 saturated carbocycles. The van der Waals surface area contributed by atoms with Crippen LogP contribution in [0.5, 0.6) is 11.5 Å². The maximum Gasteiger partial charge on any atom is 0.291 e. The van der Waals surface area contributed by atoms with Gasteiger partial charge in [-0.1, -0.05) is 43.3 Å². The van der Waals surface area contributed by atoms with Gasteiger partial charge in [-0.25, -0.2) is 9.67 Å². The third-order valence-electron chi connectivity index (χ3n) is 8.28. The predicted octanol–water partition coefficient (Wildman–Crippen LogP) is 5.96. The van der Waals surface area contributed by atoms with Crippen molar-refractivity contribution in [3.05, 3.63) is 136 Å². The Morgan fingerprint density at radius 2 is 1.58 bits per heavy atom. The number of rotatable bonds is 13. The molecule has 0 aliphatic heterocycles. The molecule has 4 aromatic carbocycles. The van der Waals surface area contributed by atoms with Gasteiger partial charge in [0.05, 0.1) is 36.5 Å². The summed E-state index contributed by atoms with van der Waals surface area (Å²) in [5.41, 5.74) is 4.05. The smallest absolute Gasteiger partial charge is 0.291 e. The second kappa shape index (κ2) is 15.3. The number of carbonyl (C=O) groups is 2. The lowest BCUT2D eigenvalue weighted by molar-refractivity contribution is 0.0997. The van der Waals surface area contributed by atoms with Gasteiger partial charge in [-0.3, -0.25) is 19.3 Å². The van der Waals surface area contributed by atoms with E-state index in [1.807, 2.05) is 36.4 Å². The molecule has 0 saturated heterocycles. The highest BCUT2D eigenvalue weighted by Crippen LogP contribution is 2.34. The van der Waals surface area contributed by atoms with Crippen LogP contribution in [0.1, 0.15) is 39.0 Å². The van der Waals surface area contributed by atoms with E-state index in [0.717, 1.165) is 43.4 Å². The van der Waals surface area contributed by atoms with Crippen LogP contribution in [0, 0.1) is 0 Å². The molecule has 12 heteroatoms. The highest BCUT2D eigenvalue weighted by Gasteiger charge is 2.21. The topological polar surface area (TPSA) is 141 Å². The summed E-state index contributed by atoms with van der Waals surface area (Å²) in [4.78, 5) is 45.9. The predicted molar refractivity (Wildman–Crippen MR) is 190 cm³/mol. The standard InChI is InChI=1S/C38H36N6O6/c1-4-43(22-26-11-15-28(16-12-26)44-24-39-23-40-44)18-17-25-9-13-27(14-10-25)41-37(46)30-19-34(48-2)35(49-3)20-31(30)42-38(47)36-21-32(45)29-7-5-6-8-33(29)50-36/h5-16,19-21,23-24H,4,17-18,22H2,1-3H3,(H,41,46)(H,42,47). The van der Waals surface area contributed by atoms with Crippen LogP contribution in [-0.2, 0) is 13.0 Å². The summed E-state index contributed by atoms with van der Waals surface area (Å²) in [6.07, 6.45) is 4.02. The first-order chi connectivity index (χ1) is 24.3. The normalized spacial score (nSPS) is 11.0. The van der Waals surface area contributed by atoms with Crippen LogP contribution >= 0.6 is 0 Å². The van der Waals surface area contributed by atoms with Crippen molar-refractivity contribution >= 4 is 34.2 Å². The minimum Gasteiger partial charge on any atom is -0.493 e. The fourth-order valence-corrected chi connectivity index (χ4v) is 5.51. The van der Waals surface area contributed by atoms with Gasteiger partial charge in [-0.2, -0.15) is 5.10 Å². The largest absolute Gasteiger partial charge is 0.493 e. The molecule has 50 heavy (non-hydrogen) atoms. The summed E-state index contributed by atoms with van der Waals surface area (Å²) in [6.45, 7) is 4.72. The van der Waals surface area contributed by atoms with E-state index in [4.69, 9.17) is 13.9 Å². The number of amides is 2. The quantitative estimate of drug-likeness (QED) is 0.152. The Labute approximate surface area is 288 Å². The lowest BCUT2D eigenvalue weighted by atomic mass is 10.1. The monoisotopic (exact) mass is 672 g/mol. The first-order valence-electron chi connectivity index (χ1n) is 16.0. The molecule has 0 fully saturated rings. The summed E-state index contributed by atoms with van der Waals surface area (Å²) < 4.78 is 18.3.